The van der Waals surface area contributed by atoms with E-state index in [1.807, 2.05) is 42.5 Å². The molecular weight excluding hydrogens is 446 g/mol. The molecule has 1 amide bonds. The lowest BCUT2D eigenvalue weighted by Crippen LogP contribution is -2.33. The van der Waals surface area contributed by atoms with E-state index in [1.54, 1.807) is 7.11 Å². The maximum Gasteiger partial charge on any atom is 0.230 e. The van der Waals surface area contributed by atoms with E-state index in [1.165, 1.54) is 24.6 Å². The number of carbonyl (C=O) groups excluding carboxylic acids is 1. The Morgan fingerprint density at radius 1 is 1.06 bits per heavy atom. The van der Waals surface area contributed by atoms with E-state index < -0.39 is 0 Å². The number of hydrogen-bond acceptors (Lipinski definition) is 6. The summed E-state index contributed by atoms with van der Waals surface area (Å²) in [5.74, 6) is 2.21. The van der Waals surface area contributed by atoms with Crippen molar-refractivity contribution in [2.75, 3.05) is 26.0 Å². The molecule has 1 unspecified atom stereocenters. The number of nitrogens with zero attached hydrogens (tertiary/aromatic N) is 4. The molecule has 1 saturated heterocycles. The van der Waals surface area contributed by atoms with Crippen molar-refractivity contribution in [2.45, 2.75) is 44.4 Å². The Kier molecular flexibility index (Phi) is 8.24. The van der Waals surface area contributed by atoms with Crippen LogP contribution in [0.1, 0.15) is 44.1 Å². The number of benzene rings is 2. The van der Waals surface area contributed by atoms with Gasteiger partial charge in [0.05, 0.1) is 25.4 Å². The summed E-state index contributed by atoms with van der Waals surface area (Å²) in [5, 5.41) is 12.9. The predicted octanol–water partition coefficient (Wildman–Crippen LogP) is 4.48. The van der Waals surface area contributed by atoms with Gasteiger partial charge in [0.1, 0.15) is 5.75 Å². The summed E-state index contributed by atoms with van der Waals surface area (Å²) < 4.78 is 7.34. The van der Waals surface area contributed by atoms with Crippen molar-refractivity contribution in [1.82, 2.24) is 25.0 Å². The zero-order valence-electron chi connectivity index (χ0n) is 20.1. The smallest absolute Gasteiger partial charge is 0.230 e. The van der Waals surface area contributed by atoms with Gasteiger partial charge in [0, 0.05) is 5.69 Å². The van der Waals surface area contributed by atoms with E-state index in [0.29, 0.717) is 0 Å². The van der Waals surface area contributed by atoms with Crippen molar-refractivity contribution < 1.29 is 9.53 Å². The third-order valence-corrected chi connectivity index (χ3v) is 7.00. The summed E-state index contributed by atoms with van der Waals surface area (Å²) in [4.78, 5) is 15.3. The van der Waals surface area contributed by atoms with Crippen LogP contribution in [0.25, 0.3) is 5.69 Å². The van der Waals surface area contributed by atoms with Crippen molar-refractivity contribution in [1.29, 1.82) is 0 Å². The molecule has 1 N–H and O–H groups in total. The van der Waals surface area contributed by atoms with E-state index in [9.17, 15) is 4.79 Å². The maximum absolute atomic E-state index is 12.9. The number of amides is 1. The third-order valence-electron chi connectivity index (χ3n) is 6.07. The van der Waals surface area contributed by atoms with Gasteiger partial charge < -0.3 is 10.1 Å². The highest BCUT2D eigenvalue weighted by Crippen LogP contribution is 2.26. The number of aromatic nitrogens is 3. The molecule has 2 heterocycles. The summed E-state index contributed by atoms with van der Waals surface area (Å²) in [6.45, 7) is 7.17. The first-order valence-electron chi connectivity index (χ1n) is 11.8. The summed E-state index contributed by atoms with van der Waals surface area (Å²) in [7, 11) is 1.65. The zero-order valence-corrected chi connectivity index (χ0v) is 20.9. The Hall–Kier alpha value is -2.84. The van der Waals surface area contributed by atoms with E-state index >= 15 is 0 Å². The van der Waals surface area contributed by atoms with Gasteiger partial charge in [-0.2, -0.15) is 0 Å². The monoisotopic (exact) mass is 479 g/mol. The minimum atomic E-state index is -0.0725. The van der Waals surface area contributed by atoms with Gasteiger partial charge >= 0.3 is 0 Å². The quantitative estimate of drug-likeness (QED) is 0.433. The van der Waals surface area contributed by atoms with Gasteiger partial charge in [-0.05, 0) is 61.7 Å². The normalized spacial score (nSPS) is 14.9. The molecule has 0 aliphatic carbocycles. The number of ether oxygens (including phenoxy) is 1. The number of nitrogens with one attached hydrogen (secondary N) is 1. The van der Waals surface area contributed by atoms with Gasteiger partial charge in [-0.1, -0.05) is 55.9 Å². The molecule has 7 nitrogen and oxygen atoms in total. The van der Waals surface area contributed by atoms with E-state index in [-0.39, 0.29) is 23.6 Å². The number of methoxy groups -OCH3 is 1. The number of hydrogen-bond donors (Lipinski definition) is 1. The second-order valence-electron chi connectivity index (χ2n) is 8.90. The van der Waals surface area contributed by atoms with Gasteiger partial charge in [0.2, 0.25) is 5.91 Å². The van der Waals surface area contributed by atoms with Gasteiger partial charge in [-0.25, -0.2) is 0 Å². The molecule has 4 rings (SSSR count). The summed E-state index contributed by atoms with van der Waals surface area (Å²) in [5.41, 5.74) is 2.08. The second kappa shape index (κ2) is 11.5. The van der Waals surface area contributed by atoms with Crippen LogP contribution >= 0.6 is 11.8 Å². The van der Waals surface area contributed by atoms with Crippen molar-refractivity contribution in [3.8, 4) is 11.4 Å². The highest BCUT2D eigenvalue weighted by molar-refractivity contribution is 7.99. The van der Waals surface area contributed by atoms with E-state index in [2.05, 4.69) is 51.0 Å². The molecular formula is C26H33N5O2S. The van der Waals surface area contributed by atoms with Crippen LogP contribution in [-0.4, -0.2) is 51.5 Å². The SMILES string of the molecule is COc1ccc(C(NC(=O)CSc2nnc(CN3CCCC3)n2-c2ccccc2)C(C)C)cc1. The Labute approximate surface area is 205 Å². The Bertz CT molecular complexity index is 1060. The molecule has 0 radical (unpaired) electrons. The van der Waals surface area contributed by atoms with Gasteiger partial charge in [0.15, 0.2) is 11.0 Å². The van der Waals surface area contributed by atoms with Crippen LogP contribution in [-0.2, 0) is 11.3 Å². The van der Waals surface area contributed by atoms with Crippen LogP contribution in [0.5, 0.6) is 5.75 Å². The Morgan fingerprint density at radius 3 is 2.41 bits per heavy atom. The number of likely N-dealkylation sites (tertiary alicyclic amines) is 1. The van der Waals surface area contributed by atoms with Crippen LogP contribution in [0.15, 0.2) is 59.8 Å². The first-order valence-corrected chi connectivity index (χ1v) is 12.8. The Balaban J connectivity index is 1.46. The zero-order chi connectivity index (χ0) is 23.9. The first kappa shape index (κ1) is 24.3. The lowest BCUT2D eigenvalue weighted by molar-refractivity contribution is -0.119. The molecule has 1 fully saturated rings. The van der Waals surface area contributed by atoms with Gasteiger partial charge in [-0.3, -0.25) is 14.3 Å². The van der Waals surface area contributed by atoms with Crippen molar-refractivity contribution in [2.24, 2.45) is 5.92 Å². The average Bonchev–Trinajstić information content (AvgIpc) is 3.52. The van der Waals surface area contributed by atoms with Crippen molar-refractivity contribution >= 4 is 17.7 Å². The lowest BCUT2D eigenvalue weighted by atomic mass is 9.96. The largest absolute Gasteiger partial charge is 0.497 e. The molecule has 8 heteroatoms. The van der Waals surface area contributed by atoms with E-state index in [0.717, 1.165) is 47.6 Å². The molecule has 0 saturated carbocycles. The number of thioether (sulfide) groups is 1. The average molecular weight is 480 g/mol. The summed E-state index contributed by atoms with van der Waals surface area (Å²) in [6.07, 6.45) is 2.46. The fraction of sp³-hybridized carbons (Fsp3) is 0.423. The molecule has 180 valence electrons. The molecule has 2 aromatic carbocycles. The van der Waals surface area contributed by atoms with Crippen LogP contribution < -0.4 is 10.1 Å². The molecule has 0 spiro atoms. The highest BCUT2D eigenvalue weighted by atomic mass is 32.2. The van der Waals surface area contributed by atoms with E-state index in [4.69, 9.17) is 4.74 Å². The number of rotatable bonds is 10. The topological polar surface area (TPSA) is 72.3 Å². The van der Waals surface area contributed by atoms with Gasteiger partial charge in [0.25, 0.3) is 0 Å². The number of para-hydroxylation sites is 1. The van der Waals surface area contributed by atoms with Crippen molar-refractivity contribution in [3.05, 3.63) is 66.0 Å². The van der Waals surface area contributed by atoms with Crippen LogP contribution in [0, 0.1) is 5.92 Å². The molecule has 1 aromatic heterocycles. The first-order chi connectivity index (χ1) is 16.5. The minimum absolute atomic E-state index is 0.0248. The second-order valence-corrected chi connectivity index (χ2v) is 9.85. The molecule has 1 aliphatic heterocycles. The van der Waals surface area contributed by atoms with Crippen LogP contribution in [0.2, 0.25) is 0 Å². The van der Waals surface area contributed by atoms with Crippen LogP contribution in [0.3, 0.4) is 0 Å². The summed E-state index contributed by atoms with van der Waals surface area (Å²) >= 11 is 1.42. The van der Waals surface area contributed by atoms with Crippen LogP contribution in [0.4, 0.5) is 0 Å². The maximum atomic E-state index is 12.9. The lowest BCUT2D eigenvalue weighted by Gasteiger charge is -2.23. The van der Waals surface area contributed by atoms with Crippen molar-refractivity contribution in [3.63, 3.8) is 0 Å². The molecule has 0 bridgehead atoms. The number of carbonyl (C=O) groups is 1. The third kappa shape index (κ3) is 5.98. The fourth-order valence-corrected chi connectivity index (χ4v) is 5.05. The Morgan fingerprint density at radius 2 is 1.76 bits per heavy atom. The predicted molar refractivity (Wildman–Crippen MR) is 135 cm³/mol. The summed E-state index contributed by atoms with van der Waals surface area (Å²) in [6, 6.07) is 17.9. The standard InChI is InChI=1S/C26H33N5O2S/c1-19(2)25(20-11-13-22(33-3)14-12-20)27-24(32)18-34-26-29-28-23(17-30-15-7-8-16-30)31(26)21-9-5-4-6-10-21/h4-6,9-14,19,25H,7-8,15-18H2,1-3H3,(H,27,32). The molecule has 3 aromatic rings. The molecule has 34 heavy (non-hydrogen) atoms. The van der Waals surface area contributed by atoms with Gasteiger partial charge in [-0.15, -0.1) is 10.2 Å². The highest BCUT2D eigenvalue weighted by Gasteiger charge is 2.22. The molecule has 1 aliphatic rings. The molecule has 1 atom stereocenters. The minimum Gasteiger partial charge on any atom is -0.497 e. The fourth-order valence-electron chi connectivity index (χ4n) is 4.26.